The van der Waals surface area contributed by atoms with Gasteiger partial charge < -0.3 is 24.8 Å². The molecule has 0 nitrogen and oxygen atoms in total. The van der Waals surface area contributed by atoms with E-state index in [1.54, 1.807) is 12.1 Å². The number of halogens is 8. The van der Waals surface area contributed by atoms with Crippen molar-refractivity contribution in [2.24, 2.45) is 0 Å². The Morgan fingerprint density at radius 2 is 1.04 bits per heavy atom. The van der Waals surface area contributed by atoms with Crippen molar-refractivity contribution in [1.29, 1.82) is 0 Å². The number of alkyl halides is 6. The normalized spacial score (nSPS) is 14.1. The summed E-state index contributed by atoms with van der Waals surface area (Å²) < 4.78 is 87.1. The molecule has 0 unspecified atom stereocenters. The van der Waals surface area contributed by atoms with Gasteiger partial charge in [0.05, 0.1) is 0 Å². The van der Waals surface area contributed by atoms with E-state index in [2.05, 4.69) is 85.7 Å². The van der Waals surface area contributed by atoms with E-state index in [0.717, 1.165) is 60.9 Å². The summed E-state index contributed by atoms with van der Waals surface area (Å²) in [6, 6.07) is 19.5. The van der Waals surface area contributed by atoms with Crippen molar-refractivity contribution >= 4 is 3.21 Å². The molecular weight excluding hydrogens is 793 g/mol. The first kappa shape index (κ1) is 42.0. The van der Waals surface area contributed by atoms with E-state index in [4.69, 9.17) is 0 Å². The molecule has 6 rings (SSSR count). The van der Waals surface area contributed by atoms with E-state index < -0.39 is 44.7 Å². The smallest absolute Gasteiger partial charge is 1.00 e. The third kappa shape index (κ3) is 8.03. The zero-order chi connectivity index (χ0) is 36.6. The van der Waals surface area contributed by atoms with Crippen LogP contribution in [0.15, 0.2) is 94.3 Å². The first-order chi connectivity index (χ1) is 23.2. The van der Waals surface area contributed by atoms with E-state index in [9.17, 15) is 26.3 Å². The Morgan fingerprint density at radius 1 is 0.615 bits per heavy atom. The number of hydrogen-bond acceptors (Lipinski definition) is 0. The number of allylic oxidation sites excluding steroid dienone is 4. The fourth-order valence-electron chi connectivity index (χ4n) is 7.82. The van der Waals surface area contributed by atoms with Gasteiger partial charge in [0.1, 0.15) is 0 Å². The van der Waals surface area contributed by atoms with Gasteiger partial charge >= 0.3 is 301 Å². The minimum atomic E-state index is -4.61. The summed E-state index contributed by atoms with van der Waals surface area (Å²) >= 11 is -3.59. The van der Waals surface area contributed by atoms with Crippen LogP contribution >= 0.6 is 0 Å². The molecule has 0 heterocycles. The third-order valence-corrected chi connectivity index (χ3v) is 18.3. The number of rotatable bonds is 4. The molecule has 4 aromatic rings. The van der Waals surface area contributed by atoms with Crippen molar-refractivity contribution in [3.05, 3.63) is 150 Å². The van der Waals surface area contributed by atoms with Crippen molar-refractivity contribution in [2.75, 3.05) is 0 Å². The van der Waals surface area contributed by atoms with Gasteiger partial charge in [-0.3, -0.25) is 0 Å². The van der Waals surface area contributed by atoms with Gasteiger partial charge in [-0.15, -0.1) is 0 Å². The van der Waals surface area contributed by atoms with Crippen LogP contribution in [0.3, 0.4) is 0 Å². The molecule has 0 fully saturated rings. The minimum Gasteiger partial charge on any atom is -1.00 e. The van der Waals surface area contributed by atoms with Crippen LogP contribution in [0.5, 0.6) is 0 Å². The SMILES string of the molecule is Cc1cc2c(cc1C(C)(C)C)-c1cc(C(C)(C)C)c(C)cc1[CH]2[Zr+2]([C]1=CC=CC1)=[C](c1cccc(C(F)(F)F)c1)c1cccc(C(F)(F)F)c1.[Cl-].[Cl-]. The molecule has 0 bridgehead atoms. The molecule has 0 N–H and O–H groups in total. The molecule has 0 radical (unpaired) electrons. The average molecular weight is 835 g/mol. The Balaban J connectivity index is 0.00000302. The predicted octanol–water partition coefficient (Wildman–Crippen LogP) is 6.74. The van der Waals surface area contributed by atoms with Crippen LogP contribution in [0.2, 0.25) is 0 Å². The minimum absolute atomic E-state index is 0. The molecule has 52 heavy (non-hydrogen) atoms. The Hall–Kier alpha value is -2.73. The van der Waals surface area contributed by atoms with Gasteiger partial charge in [-0.1, -0.05) is 0 Å². The monoisotopic (exact) mass is 832 g/mol. The fraction of sp³-hybridized carbons (Fsp3) is 0.326. The molecule has 0 saturated carbocycles. The van der Waals surface area contributed by atoms with Crippen molar-refractivity contribution in [3.8, 4) is 11.1 Å². The van der Waals surface area contributed by atoms with Crippen LogP contribution < -0.4 is 24.8 Å². The number of aryl methyl sites for hydroxylation is 2. The Morgan fingerprint density at radius 3 is 1.38 bits per heavy atom. The second kappa shape index (κ2) is 14.8. The third-order valence-electron chi connectivity index (χ3n) is 9.95. The standard InChI is InChI=1S/C23H29.C15H8F6.C5H5.2ClH.Zr/c1-14-9-16-11-17-10-15(2)21(23(6,7)8)13-19(17)18(16)12-20(14)22(3,4)5;16-14(17,18)12-5-1-3-10(8-12)7-11-4-2-6-13(9-11)15(19,20)21;1-2-4-5-3-1;;;/h9-13H,1-8H3;1-6,8-9H;1-3H,4H2;2*1H;/q;;;;;+2/p-2. The molecule has 0 spiro atoms. The Bertz CT molecular complexity index is 1980. The number of benzene rings is 4. The summed E-state index contributed by atoms with van der Waals surface area (Å²) in [4.78, 5) is 0. The molecule has 9 heteroatoms. The van der Waals surface area contributed by atoms with Gasteiger partial charge in [-0.25, -0.2) is 0 Å². The van der Waals surface area contributed by atoms with Crippen LogP contribution in [-0.4, -0.2) is 3.21 Å². The molecule has 0 saturated heterocycles. The predicted molar refractivity (Wildman–Crippen MR) is 189 cm³/mol. The Kier molecular flexibility index (Phi) is 12.0. The first-order valence-corrected chi connectivity index (χ1v) is 20.8. The van der Waals surface area contributed by atoms with E-state index >= 15 is 0 Å². The molecule has 0 aliphatic heterocycles. The maximum atomic E-state index is 14.2. The van der Waals surface area contributed by atoms with Crippen LogP contribution in [0.25, 0.3) is 11.1 Å². The van der Waals surface area contributed by atoms with E-state index in [0.29, 0.717) is 20.8 Å². The average Bonchev–Trinajstić information content (AvgIpc) is 3.63. The molecule has 0 aromatic heterocycles. The van der Waals surface area contributed by atoms with Crippen molar-refractivity contribution in [1.82, 2.24) is 0 Å². The van der Waals surface area contributed by atoms with Gasteiger partial charge in [-0.2, -0.15) is 0 Å². The van der Waals surface area contributed by atoms with Gasteiger partial charge in [0.25, 0.3) is 0 Å². The second-order valence-corrected chi connectivity index (χ2v) is 22.0. The van der Waals surface area contributed by atoms with E-state index in [-0.39, 0.29) is 39.3 Å². The summed E-state index contributed by atoms with van der Waals surface area (Å²) in [5, 5.41) is 0. The Labute approximate surface area is 323 Å². The summed E-state index contributed by atoms with van der Waals surface area (Å²) in [7, 11) is 0. The quantitative estimate of drug-likeness (QED) is 0.200. The molecule has 0 atom stereocenters. The molecule has 0 amide bonds. The second-order valence-electron chi connectivity index (χ2n) is 15.7. The topological polar surface area (TPSA) is 0 Å². The zero-order valence-electron chi connectivity index (χ0n) is 30.5. The molecular formula is C43H42Cl2F6Zr. The van der Waals surface area contributed by atoms with Crippen molar-refractivity contribution in [3.63, 3.8) is 0 Å². The van der Waals surface area contributed by atoms with E-state index in [1.165, 1.54) is 23.3 Å². The van der Waals surface area contributed by atoms with Crippen LogP contribution in [-0.2, 0) is 44.4 Å². The molecule has 2 aliphatic carbocycles. The van der Waals surface area contributed by atoms with Crippen molar-refractivity contribution < 1.29 is 72.4 Å². The zero-order valence-corrected chi connectivity index (χ0v) is 34.4. The fourth-order valence-corrected chi connectivity index (χ4v) is 16.7. The first-order valence-electron chi connectivity index (χ1n) is 16.9. The van der Waals surface area contributed by atoms with Crippen molar-refractivity contribution in [2.45, 2.75) is 88.6 Å². The number of fused-ring (bicyclic) bond motifs is 3. The van der Waals surface area contributed by atoms with Crippen LogP contribution in [0, 0.1) is 13.8 Å². The van der Waals surface area contributed by atoms with Gasteiger partial charge in [0, 0.05) is 0 Å². The molecule has 2 aliphatic rings. The number of hydrogen-bond donors (Lipinski definition) is 0. The van der Waals surface area contributed by atoms with Gasteiger partial charge in [0.2, 0.25) is 0 Å². The largest absolute Gasteiger partial charge is 1.00 e. The van der Waals surface area contributed by atoms with Crippen LogP contribution in [0.1, 0.15) is 107 Å². The molecule has 274 valence electrons. The van der Waals surface area contributed by atoms with Crippen LogP contribution in [0.4, 0.5) is 26.3 Å². The van der Waals surface area contributed by atoms with E-state index in [1.807, 2.05) is 12.2 Å². The maximum Gasteiger partial charge on any atom is -1.00 e. The van der Waals surface area contributed by atoms with Gasteiger partial charge in [0.15, 0.2) is 0 Å². The maximum absolute atomic E-state index is 14.2. The summed E-state index contributed by atoms with van der Waals surface area (Å²) in [6.45, 7) is 17.3. The molecule has 4 aromatic carbocycles. The summed E-state index contributed by atoms with van der Waals surface area (Å²) in [5.41, 5.74) is 7.92. The summed E-state index contributed by atoms with van der Waals surface area (Å²) in [5.74, 6) is 0. The van der Waals surface area contributed by atoms with Gasteiger partial charge in [-0.05, 0) is 0 Å². The summed E-state index contributed by atoms with van der Waals surface area (Å²) in [6.07, 6.45) is -2.51.